The third-order valence-electron chi connectivity index (χ3n) is 5.54. The molecule has 0 spiro atoms. The maximum atomic E-state index is 13.7. The fourth-order valence-corrected chi connectivity index (χ4v) is 4.85. The van der Waals surface area contributed by atoms with Crippen LogP contribution < -0.4 is 15.1 Å². The Bertz CT molecular complexity index is 981. The molecule has 7 heteroatoms. The third-order valence-corrected chi connectivity index (χ3v) is 6.53. The maximum absolute atomic E-state index is 13.7. The lowest BCUT2D eigenvalue weighted by Gasteiger charge is -2.40. The second-order valence-electron chi connectivity index (χ2n) is 7.78. The average Bonchev–Trinajstić information content (AvgIpc) is 2.74. The van der Waals surface area contributed by atoms with Gasteiger partial charge in [0.2, 0.25) is 0 Å². The number of amides is 1. The summed E-state index contributed by atoms with van der Waals surface area (Å²) in [5.41, 5.74) is 2.47. The van der Waals surface area contributed by atoms with Crippen LogP contribution in [0.15, 0.2) is 47.4 Å². The Kier molecular flexibility index (Phi) is 6.11. The molecule has 0 aliphatic carbocycles. The number of hydrogen-bond acceptors (Lipinski definition) is 4. The second kappa shape index (κ2) is 8.78. The van der Waals surface area contributed by atoms with Gasteiger partial charge in [-0.25, -0.2) is 8.78 Å². The number of carbonyl (C=O) groups excluding carboxylic acids is 1. The summed E-state index contributed by atoms with van der Waals surface area (Å²) in [4.78, 5) is 17.6. The van der Waals surface area contributed by atoms with Crippen molar-refractivity contribution in [2.24, 2.45) is 0 Å². The van der Waals surface area contributed by atoms with Crippen molar-refractivity contribution in [1.29, 1.82) is 0 Å². The lowest BCUT2D eigenvalue weighted by Crippen LogP contribution is -2.54. The Morgan fingerprint density at radius 3 is 2.73 bits per heavy atom. The SMILES string of the molecule is CC1CN(c2ccccc2C=C2SCCN(c3ccc(F)c(F)c3)C2=O)C(C)CN1. The molecule has 1 N–H and O–H groups in total. The Balaban J connectivity index is 1.65. The van der Waals surface area contributed by atoms with Crippen LogP contribution in [0.1, 0.15) is 19.4 Å². The Hall–Kier alpha value is -2.38. The number of benzene rings is 2. The quantitative estimate of drug-likeness (QED) is 0.739. The van der Waals surface area contributed by atoms with E-state index in [1.54, 1.807) is 0 Å². The minimum Gasteiger partial charge on any atom is -0.366 e. The van der Waals surface area contributed by atoms with Gasteiger partial charge in [0.25, 0.3) is 5.91 Å². The molecule has 2 aliphatic heterocycles. The molecule has 0 aromatic heterocycles. The largest absolute Gasteiger partial charge is 0.366 e. The molecule has 2 fully saturated rings. The highest BCUT2D eigenvalue weighted by Gasteiger charge is 2.28. The van der Waals surface area contributed by atoms with Crippen molar-refractivity contribution < 1.29 is 13.6 Å². The number of halogens is 2. The van der Waals surface area contributed by atoms with E-state index in [9.17, 15) is 13.6 Å². The monoisotopic (exact) mass is 429 g/mol. The summed E-state index contributed by atoms with van der Waals surface area (Å²) < 4.78 is 27.0. The number of thioether (sulfide) groups is 1. The van der Waals surface area contributed by atoms with Crippen molar-refractivity contribution in [3.63, 3.8) is 0 Å². The molecule has 30 heavy (non-hydrogen) atoms. The molecule has 1 amide bonds. The predicted octanol–water partition coefficient (Wildman–Crippen LogP) is 4.27. The van der Waals surface area contributed by atoms with Crippen LogP contribution in [0.4, 0.5) is 20.2 Å². The zero-order valence-electron chi connectivity index (χ0n) is 17.1. The van der Waals surface area contributed by atoms with Gasteiger partial charge in [0, 0.05) is 54.9 Å². The topological polar surface area (TPSA) is 35.6 Å². The average molecular weight is 430 g/mol. The normalized spacial score (nSPS) is 23.9. The van der Waals surface area contributed by atoms with Crippen molar-refractivity contribution in [3.05, 3.63) is 64.6 Å². The van der Waals surface area contributed by atoms with Crippen LogP contribution in [0.2, 0.25) is 0 Å². The van der Waals surface area contributed by atoms with E-state index in [0.717, 1.165) is 36.5 Å². The first-order chi connectivity index (χ1) is 14.4. The first kappa shape index (κ1) is 20.9. The minimum absolute atomic E-state index is 0.186. The number of nitrogens with zero attached hydrogens (tertiary/aromatic N) is 2. The van der Waals surface area contributed by atoms with E-state index in [-0.39, 0.29) is 5.91 Å². The zero-order valence-corrected chi connectivity index (χ0v) is 17.9. The second-order valence-corrected chi connectivity index (χ2v) is 8.92. The lowest BCUT2D eigenvalue weighted by molar-refractivity contribution is -0.114. The van der Waals surface area contributed by atoms with E-state index in [4.69, 9.17) is 0 Å². The fourth-order valence-electron chi connectivity index (χ4n) is 3.92. The van der Waals surface area contributed by atoms with Crippen molar-refractivity contribution in [2.45, 2.75) is 25.9 Å². The smallest absolute Gasteiger partial charge is 0.264 e. The van der Waals surface area contributed by atoms with Crippen molar-refractivity contribution in [2.75, 3.05) is 35.2 Å². The minimum atomic E-state index is -0.948. The van der Waals surface area contributed by atoms with E-state index in [2.05, 4.69) is 30.1 Å². The Morgan fingerprint density at radius 1 is 1.13 bits per heavy atom. The van der Waals surface area contributed by atoms with Gasteiger partial charge in [-0.15, -0.1) is 11.8 Å². The van der Waals surface area contributed by atoms with Crippen LogP contribution in [0.5, 0.6) is 0 Å². The molecule has 2 aliphatic rings. The summed E-state index contributed by atoms with van der Waals surface area (Å²) in [5, 5.41) is 3.49. The van der Waals surface area contributed by atoms with E-state index < -0.39 is 11.6 Å². The number of hydrogen-bond donors (Lipinski definition) is 1. The molecule has 0 saturated carbocycles. The van der Waals surface area contributed by atoms with Gasteiger partial charge in [0.15, 0.2) is 11.6 Å². The van der Waals surface area contributed by atoms with Crippen LogP contribution in [-0.4, -0.2) is 43.4 Å². The highest BCUT2D eigenvalue weighted by atomic mass is 32.2. The molecule has 2 heterocycles. The van der Waals surface area contributed by atoms with Crippen LogP contribution in [0.3, 0.4) is 0 Å². The van der Waals surface area contributed by atoms with Crippen LogP contribution in [-0.2, 0) is 4.79 Å². The summed E-state index contributed by atoms with van der Waals surface area (Å²) >= 11 is 1.50. The van der Waals surface area contributed by atoms with Crippen LogP contribution >= 0.6 is 11.8 Å². The van der Waals surface area contributed by atoms with E-state index in [0.29, 0.717) is 35.0 Å². The van der Waals surface area contributed by atoms with Crippen LogP contribution in [0, 0.1) is 11.6 Å². The Labute approximate surface area is 179 Å². The van der Waals surface area contributed by atoms with Gasteiger partial charge in [0.05, 0.1) is 4.91 Å². The lowest BCUT2D eigenvalue weighted by atomic mass is 10.1. The van der Waals surface area contributed by atoms with E-state index in [1.807, 2.05) is 24.3 Å². The molecule has 2 unspecified atom stereocenters. The number of piperazine rings is 1. The highest BCUT2D eigenvalue weighted by molar-refractivity contribution is 8.04. The zero-order chi connectivity index (χ0) is 21.3. The molecule has 0 bridgehead atoms. The number of para-hydroxylation sites is 1. The number of rotatable bonds is 3. The standard InChI is InChI=1S/C23H25F2N3OS/c1-15-14-28(16(2)13-26-15)21-6-4-3-5-17(21)11-22-23(29)27(9-10-30-22)18-7-8-19(24)20(25)12-18/h3-8,11-12,15-16,26H,9-10,13-14H2,1-2H3. The van der Waals surface area contributed by atoms with Crippen molar-refractivity contribution in [1.82, 2.24) is 5.32 Å². The molecule has 0 radical (unpaired) electrons. The Morgan fingerprint density at radius 2 is 1.93 bits per heavy atom. The molecule has 2 atom stereocenters. The summed E-state index contributed by atoms with van der Waals surface area (Å²) in [6, 6.07) is 12.4. The molecule has 4 nitrogen and oxygen atoms in total. The molecule has 158 valence electrons. The van der Waals surface area contributed by atoms with Gasteiger partial charge in [-0.1, -0.05) is 18.2 Å². The van der Waals surface area contributed by atoms with Gasteiger partial charge >= 0.3 is 0 Å². The maximum Gasteiger partial charge on any atom is 0.264 e. The van der Waals surface area contributed by atoms with E-state index in [1.165, 1.54) is 22.7 Å². The molecule has 4 rings (SSSR count). The molecular weight excluding hydrogens is 404 g/mol. The number of anilines is 2. The molecule has 2 aromatic carbocycles. The summed E-state index contributed by atoms with van der Waals surface area (Å²) in [6.07, 6.45) is 1.92. The van der Waals surface area contributed by atoms with Gasteiger partial charge in [0.1, 0.15) is 0 Å². The first-order valence-corrected chi connectivity index (χ1v) is 11.1. The van der Waals surface area contributed by atoms with E-state index >= 15 is 0 Å². The molecule has 2 saturated heterocycles. The number of nitrogens with one attached hydrogen (secondary N) is 1. The number of carbonyl (C=O) groups is 1. The summed E-state index contributed by atoms with van der Waals surface area (Å²) in [5.74, 6) is -1.36. The van der Waals surface area contributed by atoms with Crippen molar-refractivity contribution >= 4 is 35.1 Å². The molecule has 2 aromatic rings. The van der Waals surface area contributed by atoms with Gasteiger partial charge in [-0.05, 0) is 43.7 Å². The van der Waals surface area contributed by atoms with Crippen molar-refractivity contribution in [3.8, 4) is 0 Å². The van der Waals surface area contributed by atoms with Gasteiger partial charge < -0.3 is 15.1 Å². The fraction of sp³-hybridized carbons (Fsp3) is 0.348. The first-order valence-electron chi connectivity index (χ1n) is 10.1. The van der Waals surface area contributed by atoms with Gasteiger partial charge in [-0.2, -0.15) is 0 Å². The third kappa shape index (κ3) is 4.23. The highest BCUT2D eigenvalue weighted by Crippen LogP contribution is 2.33. The summed E-state index contributed by atoms with van der Waals surface area (Å²) in [7, 11) is 0. The van der Waals surface area contributed by atoms with Crippen LogP contribution in [0.25, 0.3) is 6.08 Å². The summed E-state index contributed by atoms with van der Waals surface area (Å²) in [6.45, 7) is 6.61. The predicted molar refractivity (Wildman–Crippen MR) is 120 cm³/mol. The van der Waals surface area contributed by atoms with Gasteiger partial charge in [-0.3, -0.25) is 4.79 Å². The molecular formula is C23H25F2N3OS.